The van der Waals surface area contributed by atoms with Crippen LogP contribution in [0.1, 0.15) is 110 Å². The summed E-state index contributed by atoms with van der Waals surface area (Å²) in [4.78, 5) is 111. The molecule has 6 aliphatic rings. The summed E-state index contributed by atoms with van der Waals surface area (Å²) in [5, 5.41) is 14.7. The second-order valence-corrected chi connectivity index (χ2v) is 21.6. The summed E-state index contributed by atoms with van der Waals surface area (Å²) in [6, 6.07) is 3.82. The van der Waals surface area contributed by atoms with Crippen molar-refractivity contribution in [3.05, 3.63) is 52.1 Å². The summed E-state index contributed by atoms with van der Waals surface area (Å²) in [5.74, 6) is -4.34. The van der Waals surface area contributed by atoms with Gasteiger partial charge in [-0.05, 0) is 95.1 Å². The number of likely N-dealkylation sites (tertiary alicyclic amines) is 1. The van der Waals surface area contributed by atoms with Gasteiger partial charge >= 0.3 is 18.0 Å². The van der Waals surface area contributed by atoms with Crippen molar-refractivity contribution in [1.82, 2.24) is 15.3 Å². The monoisotopic (exact) mass is 1010 g/mol. The highest BCUT2D eigenvalue weighted by atomic mass is 35.5. The van der Waals surface area contributed by atoms with Crippen molar-refractivity contribution < 1.29 is 67.2 Å². The van der Waals surface area contributed by atoms with Gasteiger partial charge in [0.25, 0.3) is 11.8 Å². The zero-order valence-electron chi connectivity index (χ0n) is 40.9. The Labute approximate surface area is 417 Å². The van der Waals surface area contributed by atoms with Crippen LogP contribution in [0, 0.1) is 30.6 Å². The number of fused-ring (bicyclic) bond motifs is 5. The Balaban J connectivity index is 0.935. The minimum absolute atomic E-state index is 0.00469. The van der Waals surface area contributed by atoms with E-state index < -0.39 is 94.5 Å². The van der Waals surface area contributed by atoms with Crippen LogP contribution in [0.2, 0.25) is 5.02 Å². The molecule has 0 spiro atoms. The van der Waals surface area contributed by atoms with Gasteiger partial charge in [0.15, 0.2) is 6.10 Å². The maximum absolute atomic E-state index is 14.2. The summed E-state index contributed by atoms with van der Waals surface area (Å²) in [6.07, 6.45) is 4.15. The molecule has 4 bridgehead atoms. The molecular weight excluding hydrogens is 948 g/mol. The highest BCUT2D eigenvalue weighted by Crippen LogP contribution is 2.49. The summed E-state index contributed by atoms with van der Waals surface area (Å²) >= 11 is 8.15. The lowest BCUT2D eigenvalue weighted by molar-refractivity contribution is -0.201. The molecule has 1 aliphatic carbocycles. The Bertz CT molecular complexity index is 2300. The van der Waals surface area contributed by atoms with E-state index in [1.165, 1.54) is 21.6 Å². The third-order valence-electron chi connectivity index (χ3n) is 14.7. The molecule has 382 valence electrons. The van der Waals surface area contributed by atoms with Crippen LogP contribution in [0.15, 0.2) is 35.9 Å². The number of ether oxygens (including phenoxy) is 4. The van der Waals surface area contributed by atoms with E-state index in [1.807, 2.05) is 58.1 Å². The number of carbonyl (C=O) groups excluding carboxylic acids is 8. The van der Waals surface area contributed by atoms with Crippen LogP contribution in [0.3, 0.4) is 0 Å². The third kappa shape index (κ3) is 11.9. The fourth-order valence-electron chi connectivity index (χ4n) is 10.0. The average Bonchev–Trinajstić information content (AvgIpc) is 3.82. The minimum atomic E-state index is -1.63. The van der Waals surface area contributed by atoms with Gasteiger partial charge in [-0.3, -0.25) is 34.2 Å². The van der Waals surface area contributed by atoms with Crippen LogP contribution in [0.25, 0.3) is 0 Å². The molecule has 6 amide bonds. The SMILES string of the molecule is C/C1=C\C=C\[C@@H](C)[C@@]2(O)C[C@H](OC(=O)N2)[C@@H](C)[C@@H]2O[C@@]2(C)[C@@H](OC(=O)[C@@H](C)OCCCSC2CC(=O)N(C[C@H]3CC[C@H](C(=O)ON4C(=O)CCC4=O)CC3)C2=O)CC(=O)N(C)c2cc(cc(C)c2Cl)C1. The van der Waals surface area contributed by atoms with E-state index in [-0.39, 0.29) is 63.0 Å². The van der Waals surface area contributed by atoms with Gasteiger partial charge in [-0.1, -0.05) is 55.3 Å². The van der Waals surface area contributed by atoms with Gasteiger partial charge in [-0.2, -0.15) is 0 Å². The molecule has 5 heterocycles. The number of nitrogens with one attached hydrogen (secondary N) is 1. The van der Waals surface area contributed by atoms with Crippen molar-refractivity contribution >= 4 is 76.6 Å². The van der Waals surface area contributed by atoms with Crippen molar-refractivity contribution in [2.45, 2.75) is 153 Å². The lowest BCUT2D eigenvalue weighted by atomic mass is 9.82. The number of thioether (sulfide) groups is 1. The molecule has 1 aromatic rings. The van der Waals surface area contributed by atoms with Gasteiger partial charge in [-0.15, -0.1) is 16.8 Å². The number of anilines is 1. The summed E-state index contributed by atoms with van der Waals surface area (Å²) < 4.78 is 24.0. The van der Waals surface area contributed by atoms with E-state index in [0.29, 0.717) is 60.1 Å². The molecule has 9 atom stereocenters. The molecule has 5 aliphatic heterocycles. The minimum Gasteiger partial charge on any atom is -0.457 e. The number of benzene rings is 1. The van der Waals surface area contributed by atoms with Crippen LogP contribution in [-0.2, 0) is 63.8 Å². The molecule has 1 saturated carbocycles. The molecule has 5 fully saturated rings. The zero-order chi connectivity index (χ0) is 50.8. The van der Waals surface area contributed by atoms with E-state index in [2.05, 4.69) is 5.32 Å². The first-order chi connectivity index (χ1) is 33.1. The number of hydrogen-bond donors (Lipinski definition) is 2. The van der Waals surface area contributed by atoms with Crippen molar-refractivity contribution in [2.75, 3.05) is 30.9 Å². The smallest absolute Gasteiger partial charge is 0.409 e. The molecule has 1 aromatic carbocycles. The molecule has 2 N–H and O–H groups in total. The molecule has 4 saturated heterocycles. The second-order valence-electron chi connectivity index (χ2n) is 20.0. The Kier molecular flexibility index (Phi) is 16.6. The molecule has 0 aromatic heterocycles. The van der Waals surface area contributed by atoms with Crippen LogP contribution < -0.4 is 10.2 Å². The van der Waals surface area contributed by atoms with Crippen molar-refractivity contribution in [2.24, 2.45) is 23.7 Å². The van der Waals surface area contributed by atoms with Gasteiger partial charge in [0, 0.05) is 57.7 Å². The lowest BCUT2D eigenvalue weighted by Gasteiger charge is -2.41. The Morgan fingerprint density at radius 1 is 1.00 bits per heavy atom. The molecule has 18 nitrogen and oxygen atoms in total. The lowest BCUT2D eigenvalue weighted by Crippen LogP contribution is -2.60. The van der Waals surface area contributed by atoms with Gasteiger partial charge in [-0.25, -0.2) is 14.4 Å². The number of allylic oxidation sites excluding steroid dienone is 3. The van der Waals surface area contributed by atoms with Crippen molar-refractivity contribution in [3.8, 4) is 0 Å². The Morgan fingerprint density at radius 2 is 1.70 bits per heavy atom. The van der Waals surface area contributed by atoms with Gasteiger partial charge < -0.3 is 33.8 Å². The van der Waals surface area contributed by atoms with Crippen molar-refractivity contribution in [1.29, 1.82) is 0 Å². The molecule has 7 rings (SSSR count). The number of alkyl carbamates (subject to hydrolysis) is 1. The van der Waals surface area contributed by atoms with Crippen LogP contribution in [-0.4, -0.2) is 130 Å². The number of rotatable bonds is 12. The highest BCUT2D eigenvalue weighted by Gasteiger charge is 2.64. The zero-order valence-corrected chi connectivity index (χ0v) is 42.4. The van der Waals surface area contributed by atoms with E-state index in [4.69, 9.17) is 35.4 Å². The third-order valence-corrected chi connectivity index (χ3v) is 16.5. The first-order valence-corrected chi connectivity index (χ1v) is 25.6. The maximum Gasteiger partial charge on any atom is 0.409 e. The number of halogens is 1. The maximum atomic E-state index is 14.2. The first kappa shape index (κ1) is 53.0. The molecule has 70 heavy (non-hydrogen) atoms. The van der Waals surface area contributed by atoms with E-state index >= 15 is 0 Å². The largest absolute Gasteiger partial charge is 0.457 e. The Hall–Kier alpha value is -4.82. The quantitative estimate of drug-likeness (QED) is 0.112. The fraction of sp³-hybridized carbons (Fsp3) is 0.640. The van der Waals surface area contributed by atoms with Gasteiger partial charge in [0.2, 0.25) is 17.7 Å². The van der Waals surface area contributed by atoms with E-state index in [9.17, 15) is 43.5 Å². The number of carbonyl (C=O) groups is 8. The van der Waals surface area contributed by atoms with Gasteiger partial charge in [0.05, 0.1) is 34.4 Å². The standard InChI is InChI=1S/C50H65ClN4O14S/c1-27-10-8-11-29(3)50(64)25-36(66-48(63)52-50)30(4)44-49(6,68-44)38(24-41(58)53(7)35-22-33(20-27)21-28(2)43(35)51)67-46(61)31(5)65-18-9-19-70-37-23-42(59)54(45(37)60)26-32-12-14-34(15-13-32)47(62)69-55-39(56)16-17-40(55)57/h8,10-11,21-22,29-32,34,36-38,44,64H,9,12-20,23-26H2,1-7H3,(H,52,63)/b11-8+,27-10+/t29-,30-,31-,32-,34-,36+,37?,38+,44+,49+,50+/m1/s1. The summed E-state index contributed by atoms with van der Waals surface area (Å²) in [5.41, 5.74) is 0.363. The van der Waals surface area contributed by atoms with Crippen molar-refractivity contribution in [3.63, 3.8) is 0 Å². The summed E-state index contributed by atoms with van der Waals surface area (Å²) in [7, 11) is 1.62. The highest BCUT2D eigenvalue weighted by molar-refractivity contribution is 8.00. The van der Waals surface area contributed by atoms with Gasteiger partial charge in [0.1, 0.15) is 23.5 Å². The number of nitrogens with zero attached hydrogens (tertiary/aromatic N) is 3. The van der Waals surface area contributed by atoms with E-state index in [0.717, 1.165) is 16.7 Å². The fourth-order valence-corrected chi connectivity index (χ4v) is 11.4. The first-order valence-electron chi connectivity index (χ1n) is 24.2. The number of epoxide rings is 1. The molecule has 0 radical (unpaired) electrons. The van der Waals surface area contributed by atoms with Crippen LogP contribution >= 0.6 is 23.4 Å². The average molecular weight is 1010 g/mol. The Morgan fingerprint density at radius 3 is 2.40 bits per heavy atom. The molecular formula is C50H65ClN4O14S. The topological polar surface area (TPSA) is 228 Å². The number of hydrogen-bond acceptors (Lipinski definition) is 15. The molecule has 1 unspecified atom stereocenters. The number of esters is 1. The molecule has 20 heteroatoms. The normalized spacial score (nSPS) is 33.5. The number of aryl methyl sites for hydroxylation is 1. The second kappa shape index (κ2) is 21.9. The van der Waals surface area contributed by atoms with E-state index in [1.54, 1.807) is 20.9 Å². The number of amides is 6. The number of imide groups is 2. The van der Waals surface area contributed by atoms with Crippen LogP contribution in [0.5, 0.6) is 0 Å². The summed E-state index contributed by atoms with van der Waals surface area (Å²) in [6.45, 7) is 11.1. The predicted molar refractivity (Wildman–Crippen MR) is 256 cm³/mol. The number of hydroxylamine groups is 2. The predicted octanol–water partition coefficient (Wildman–Crippen LogP) is 5.66. The van der Waals surface area contributed by atoms with Crippen LogP contribution in [0.4, 0.5) is 10.5 Å². The number of aliphatic hydroxyl groups is 1.